The molecule has 0 bridgehead atoms. The SMILES string of the molecule is CC[C@H](C)NC(=O)[C@@H](C)N(Cc1cccc(Br)c1)C(=O)CN(c1cc(C)ccc1OC)S(=O)(=O)c1ccccc1. The Morgan fingerprint density at radius 3 is 2.33 bits per heavy atom. The number of carbonyl (C=O) groups is 2. The fourth-order valence-electron chi connectivity index (χ4n) is 4.11. The highest BCUT2D eigenvalue weighted by atomic mass is 79.9. The van der Waals surface area contributed by atoms with Crippen molar-refractivity contribution in [2.24, 2.45) is 0 Å². The van der Waals surface area contributed by atoms with E-state index in [1.807, 2.05) is 45.0 Å². The van der Waals surface area contributed by atoms with Gasteiger partial charge in [0.15, 0.2) is 0 Å². The number of nitrogens with one attached hydrogen (secondary N) is 1. The number of amides is 2. The Morgan fingerprint density at radius 2 is 1.70 bits per heavy atom. The maximum atomic E-state index is 14.1. The summed E-state index contributed by atoms with van der Waals surface area (Å²) >= 11 is 3.46. The van der Waals surface area contributed by atoms with Crippen molar-refractivity contribution in [3.8, 4) is 5.75 Å². The molecule has 0 fully saturated rings. The molecule has 1 N–H and O–H groups in total. The van der Waals surface area contributed by atoms with Crippen LogP contribution in [0.4, 0.5) is 5.69 Å². The minimum atomic E-state index is -4.18. The highest BCUT2D eigenvalue weighted by Gasteiger charge is 2.34. The average Bonchev–Trinajstić information content (AvgIpc) is 2.94. The second-order valence-electron chi connectivity index (χ2n) is 9.65. The summed E-state index contributed by atoms with van der Waals surface area (Å²) in [7, 11) is -2.73. The number of rotatable bonds is 12. The molecule has 214 valence electrons. The summed E-state index contributed by atoms with van der Waals surface area (Å²) in [6.07, 6.45) is 0.730. The molecule has 0 aliphatic rings. The largest absolute Gasteiger partial charge is 0.495 e. The minimum absolute atomic E-state index is 0.0347. The van der Waals surface area contributed by atoms with Gasteiger partial charge in [-0.2, -0.15) is 0 Å². The number of methoxy groups -OCH3 is 1. The number of nitrogens with zero attached hydrogens (tertiary/aromatic N) is 2. The maximum absolute atomic E-state index is 14.1. The smallest absolute Gasteiger partial charge is 0.264 e. The quantitative estimate of drug-likeness (QED) is 0.294. The third-order valence-corrected chi connectivity index (χ3v) is 8.89. The van der Waals surface area contributed by atoms with Crippen LogP contribution in [0.1, 0.15) is 38.3 Å². The Labute approximate surface area is 245 Å². The van der Waals surface area contributed by atoms with Gasteiger partial charge in [0, 0.05) is 17.1 Å². The third-order valence-electron chi connectivity index (χ3n) is 6.62. The molecule has 10 heteroatoms. The molecular weight excluding hydrogens is 594 g/mol. The van der Waals surface area contributed by atoms with E-state index in [0.717, 1.165) is 26.3 Å². The second-order valence-corrected chi connectivity index (χ2v) is 12.4. The zero-order valence-corrected chi connectivity index (χ0v) is 25.8. The Morgan fingerprint density at radius 1 is 1.00 bits per heavy atom. The molecule has 3 aromatic carbocycles. The lowest BCUT2D eigenvalue weighted by atomic mass is 10.1. The van der Waals surface area contributed by atoms with Crippen molar-refractivity contribution >= 4 is 43.5 Å². The standard InChI is InChI=1S/C30H36BrN3O5S/c1-6-22(3)32-30(36)23(4)33(19-24-11-10-12-25(31)18-24)29(35)20-34(27-17-21(2)15-16-28(27)39-5)40(37,38)26-13-8-7-9-14-26/h7-18,22-23H,6,19-20H2,1-5H3,(H,32,36)/t22-,23+/m0/s1. The first-order valence-corrected chi connectivity index (χ1v) is 15.3. The monoisotopic (exact) mass is 629 g/mol. The van der Waals surface area contributed by atoms with E-state index >= 15 is 0 Å². The Bertz CT molecular complexity index is 1430. The summed E-state index contributed by atoms with van der Waals surface area (Å²) < 4.78 is 35.3. The van der Waals surface area contributed by atoms with Gasteiger partial charge in [-0.05, 0) is 74.7 Å². The highest BCUT2D eigenvalue weighted by molar-refractivity contribution is 9.10. The van der Waals surface area contributed by atoms with Crippen molar-refractivity contribution in [2.45, 2.75) is 57.6 Å². The van der Waals surface area contributed by atoms with Gasteiger partial charge in [-0.1, -0.05) is 59.3 Å². The van der Waals surface area contributed by atoms with Gasteiger partial charge in [0.25, 0.3) is 10.0 Å². The van der Waals surface area contributed by atoms with Gasteiger partial charge in [-0.3, -0.25) is 13.9 Å². The van der Waals surface area contributed by atoms with E-state index in [2.05, 4.69) is 21.2 Å². The van der Waals surface area contributed by atoms with Crippen LogP contribution in [0, 0.1) is 6.92 Å². The van der Waals surface area contributed by atoms with Crippen LogP contribution in [-0.2, 0) is 26.2 Å². The van der Waals surface area contributed by atoms with Gasteiger partial charge in [0.05, 0.1) is 17.7 Å². The number of sulfonamides is 1. The van der Waals surface area contributed by atoms with E-state index in [1.54, 1.807) is 43.3 Å². The second kappa shape index (κ2) is 13.8. The van der Waals surface area contributed by atoms with E-state index in [9.17, 15) is 18.0 Å². The van der Waals surface area contributed by atoms with Gasteiger partial charge in [-0.25, -0.2) is 8.42 Å². The van der Waals surface area contributed by atoms with Crippen LogP contribution in [0.2, 0.25) is 0 Å². The molecule has 3 aromatic rings. The van der Waals surface area contributed by atoms with E-state index in [-0.39, 0.29) is 29.1 Å². The molecular formula is C30H36BrN3O5S. The average molecular weight is 631 g/mol. The number of ether oxygens (including phenoxy) is 1. The number of carbonyl (C=O) groups excluding carboxylic acids is 2. The molecule has 0 unspecified atom stereocenters. The zero-order chi connectivity index (χ0) is 29.4. The van der Waals surface area contributed by atoms with Crippen molar-refractivity contribution in [2.75, 3.05) is 18.0 Å². The first-order valence-electron chi connectivity index (χ1n) is 13.0. The minimum Gasteiger partial charge on any atom is -0.495 e. The molecule has 0 spiro atoms. The maximum Gasteiger partial charge on any atom is 0.264 e. The summed E-state index contributed by atoms with van der Waals surface area (Å²) in [5.41, 5.74) is 1.82. The molecule has 0 aromatic heterocycles. The molecule has 8 nitrogen and oxygen atoms in total. The third kappa shape index (κ3) is 7.63. The first kappa shape index (κ1) is 31.2. The van der Waals surface area contributed by atoms with Crippen molar-refractivity contribution in [1.29, 1.82) is 0 Å². The summed E-state index contributed by atoms with van der Waals surface area (Å²) in [5, 5.41) is 2.93. The lowest BCUT2D eigenvalue weighted by Crippen LogP contribution is -2.52. The number of halogens is 1. The van der Waals surface area contributed by atoms with E-state index in [0.29, 0.717) is 5.75 Å². The zero-order valence-electron chi connectivity index (χ0n) is 23.4. The molecule has 0 saturated heterocycles. The number of benzene rings is 3. The van der Waals surface area contributed by atoms with Crippen LogP contribution in [0.3, 0.4) is 0 Å². The van der Waals surface area contributed by atoms with E-state index < -0.39 is 28.5 Å². The Kier molecular flexibility index (Phi) is 10.8. The van der Waals surface area contributed by atoms with Crippen LogP contribution in [0.15, 0.2) is 82.2 Å². The van der Waals surface area contributed by atoms with Crippen LogP contribution in [0.25, 0.3) is 0 Å². The van der Waals surface area contributed by atoms with Gasteiger partial charge in [0.2, 0.25) is 11.8 Å². The number of aryl methyl sites for hydroxylation is 1. The lowest BCUT2D eigenvalue weighted by Gasteiger charge is -2.33. The van der Waals surface area contributed by atoms with E-state index in [4.69, 9.17) is 4.74 Å². The number of hydrogen-bond donors (Lipinski definition) is 1. The molecule has 40 heavy (non-hydrogen) atoms. The van der Waals surface area contributed by atoms with E-state index in [1.165, 1.54) is 24.1 Å². The molecule has 0 aliphatic carbocycles. The highest BCUT2D eigenvalue weighted by Crippen LogP contribution is 2.33. The Balaban J connectivity index is 2.08. The van der Waals surface area contributed by atoms with Gasteiger partial charge >= 0.3 is 0 Å². The number of hydrogen-bond acceptors (Lipinski definition) is 5. The summed E-state index contributed by atoms with van der Waals surface area (Å²) in [4.78, 5) is 28.7. The lowest BCUT2D eigenvalue weighted by molar-refractivity contribution is -0.139. The normalized spacial score (nSPS) is 12.8. The number of anilines is 1. The van der Waals surface area contributed by atoms with Crippen molar-refractivity contribution in [3.05, 3.63) is 88.4 Å². The van der Waals surface area contributed by atoms with Crippen LogP contribution >= 0.6 is 15.9 Å². The Hall–Kier alpha value is -3.37. The molecule has 0 radical (unpaired) electrons. The fraction of sp³-hybridized carbons (Fsp3) is 0.333. The molecule has 0 heterocycles. The predicted octanol–water partition coefficient (Wildman–Crippen LogP) is 5.29. The molecule has 2 amide bonds. The van der Waals surface area contributed by atoms with Gasteiger partial charge < -0.3 is 15.0 Å². The van der Waals surface area contributed by atoms with Crippen LogP contribution in [-0.4, -0.2) is 50.9 Å². The molecule has 0 aliphatic heterocycles. The van der Waals surface area contributed by atoms with Crippen LogP contribution in [0.5, 0.6) is 5.75 Å². The van der Waals surface area contributed by atoms with Crippen molar-refractivity contribution < 1.29 is 22.7 Å². The van der Waals surface area contributed by atoms with Crippen molar-refractivity contribution in [3.63, 3.8) is 0 Å². The summed E-state index contributed by atoms with van der Waals surface area (Å²) in [6, 6.07) is 19.6. The van der Waals surface area contributed by atoms with Crippen molar-refractivity contribution in [1.82, 2.24) is 10.2 Å². The summed E-state index contributed by atoms with van der Waals surface area (Å²) in [6.45, 7) is 6.91. The fourth-order valence-corrected chi connectivity index (χ4v) is 5.99. The topological polar surface area (TPSA) is 96.0 Å². The molecule has 3 rings (SSSR count). The molecule has 0 saturated carbocycles. The first-order chi connectivity index (χ1) is 19.0. The van der Waals surface area contributed by atoms with Gasteiger partial charge in [-0.15, -0.1) is 0 Å². The van der Waals surface area contributed by atoms with Crippen LogP contribution < -0.4 is 14.4 Å². The van der Waals surface area contributed by atoms with Gasteiger partial charge in [0.1, 0.15) is 18.3 Å². The summed E-state index contributed by atoms with van der Waals surface area (Å²) in [5.74, 6) is -0.544. The predicted molar refractivity (Wildman–Crippen MR) is 161 cm³/mol. The molecule has 2 atom stereocenters.